The molecule has 2 aromatic carbocycles. The van der Waals surface area contributed by atoms with Crippen molar-refractivity contribution in [2.45, 2.75) is 27.7 Å². The Morgan fingerprint density at radius 3 is 2.58 bits per heavy atom. The van der Waals surface area contributed by atoms with Crippen LogP contribution in [0, 0.1) is 0 Å². The molecule has 1 heterocycles. The Kier molecular flexibility index (Phi) is 8.43. The maximum absolute atomic E-state index is 12.6. The van der Waals surface area contributed by atoms with E-state index in [1.165, 1.54) is 4.70 Å². The zero-order chi connectivity index (χ0) is 23.8. The Morgan fingerprint density at radius 2 is 1.85 bits per heavy atom. The topological polar surface area (TPSA) is 83.0 Å². The molecule has 3 aromatic rings. The van der Waals surface area contributed by atoms with Crippen molar-refractivity contribution in [2.75, 3.05) is 31.1 Å². The third kappa shape index (κ3) is 5.90. The summed E-state index contributed by atoms with van der Waals surface area (Å²) in [5, 5.41) is 9.97. The molecule has 0 spiro atoms. The van der Waals surface area contributed by atoms with Gasteiger partial charge >= 0.3 is 0 Å². The molecule has 2 N–H and O–H groups in total. The third-order valence-electron chi connectivity index (χ3n) is 5.25. The van der Waals surface area contributed by atoms with Gasteiger partial charge in [0.2, 0.25) is 0 Å². The van der Waals surface area contributed by atoms with Gasteiger partial charge in [-0.05, 0) is 52.0 Å². The highest BCUT2D eigenvalue weighted by molar-refractivity contribution is 7.17. The van der Waals surface area contributed by atoms with E-state index in [0.717, 1.165) is 29.7 Å². The number of anilines is 1. The van der Waals surface area contributed by atoms with E-state index < -0.39 is 5.91 Å². The van der Waals surface area contributed by atoms with Gasteiger partial charge in [0, 0.05) is 39.7 Å². The smallest absolute Gasteiger partial charge is 0.259 e. The fourth-order valence-electron chi connectivity index (χ4n) is 3.52. The molecule has 0 radical (unpaired) electrons. The van der Waals surface area contributed by atoms with Gasteiger partial charge in [-0.3, -0.25) is 9.59 Å². The number of rotatable bonds is 10. The van der Waals surface area contributed by atoms with Crippen LogP contribution < -0.4 is 20.4 Å². The number of benzene rings is 2. The number of thiophene rings is 1. The standard InChI is InChI=1S/C25H30N4O3S/c1-5-29(6-2)21-13-12-18(14-22(21)32-7-3)25(31)26-15-24(30)28-27-17(4)20-16-33-23-11-9-8-10-19(20)23/h8-14,16H,5-7,15H2,1-4H3,(H,26,31)(H,28,30)/b27-17-. The fourth-order valence-corrected chi connectivity index (χ4v) is 4.52. The van der Waals surface area contributed by atoms with Crippen molar-refractivity contribution in [3.05, 3.63) is 59.0 Å². The van der Waals surface area contributed by atoms with Gasteiger partial charge in [-0.15, -0.1) is 11.3 Å². The molecule has 3 rings (SSSR count). The van der Waals surface area contributed by atoms with Crippen LogP contribution in [0.15, 0.2) is 52.9 Å². The first-order chi connectivity index (χ1) is 16.0. The number of nitrogens with one attached hydrogen (secondary N) is 2. The SMILES string of the molecule is CCOc1cc(C(=O)NCC(=O)N/N=C(/C)c2csc3ccccc23)ccc1N(CC)CC. The largest absolute Gasteiger partial charge is 0.492 e. The molecule has 7 nitrogen and oxygen atoms in total. The van der Waals surface area contributed by atoms with Crippen molar-refractivity contribution in [1.29, 1.82) is 0 Å². The summed E-state index contributed by atoms with van der Waals surface area (Å²) in [5.74, 6) is -0.0877. The van der Waals surface area contributed by atoms with Gasteiger partial charge in [-0.1, -0.05) is 18.2 Å². The summed E-state index contributed by atoms with van der Waals surface area (Å²) in [7, 11) is 0. The van der Waals surface area contributed by atoms with E-state index in [-0.39, 0.29) is 12.5 Å². The number of carbonyl (C=O) groups is 2. The summed E-state index contributed by atoms with van der Waals surface area (Å²) in [5.41, 5.74) is 5.60. The Bertz CT molecular complexity index is 1150. The Morgan fingerprint density at radius 1 is 1.09 bits per heavy atom. The Balaban J connectivity index is 1.61. The number of carbonyl (C=O) groups excluding carboxylic acids is 2. The maximum Gasteiger partial charge on any atom is 0.259 e. The molecule has 0 aliphatic carbocycles. The number of nitrogens with zero attached hydrogens (tertiary/aromatic N) is 2. The molecule has 0 saturated heterocycles. The van der Waals surface area contributed by atoms with Crippen LogP contribution in [0.1, 0.15) is 43.6 Å². The first-order valence-corrected chi connectivity index (χ1v) is 12.0. The highest BCUT2D eigenvalue weighted by Crippen LogP contribution is 2.30. The predicted molar refractivity (Wildman–Crippen MR) is 136 cm³/mol. The van der Waals surface area contributed by atoms with Crippen molar-refractivity contribution in [1.82, 2.24) is 10.7 Å². The minimum Gasteiger partial charge on any atom is -0.492 e. The van der Waals surface area contributed by atoms with Crippen LogP contribution in [0.3, 0.4) is 0 Å². The number of hydrogen-bond donors (Lipinski definition) is 2. The number of amides is 2. The quantitative estimate of drug-likeness (QED) is 0.342. The van der Waals surface area contributed by atoms with Crippen LogP contribution in [0.2, 0.25) is 0 Å². The van der Waals surface area contributed by atoms with Gasteiger partial charge in [0.25, 0.3) is 11.8 Å². The molecule has 0 atom stereocenters. The van der Waals surface area contributed by atoms with E-state index in [2.05, 4.69) is 40.7 Å². The summed E-state index contributed by atoms with van der Waals surface area (Å²) in [4.78, 5) is 27.0. The van der Waals surface area contributed by atoms with Gasteiger partial charge < -0.3 is 15.0 Å². The number of ether oxygens (including phenoxy) is 1. The summed E-state index contributed by atoms with van der Waals surface area (Å²) in [6, 6.07) is 13.4. The number of fused-ring (bicyclic) bond motifs is 1. The summed E-state index contributed by atoms with van der Waals surface area (Å²) in [6.07, 6.45) is 0. The molecule has 1 aromatic heterocycles. The second-order valence-corrected chi connectivity index (χ2v) is 8.26. The summed E-state index contributed by atoms with van der Waals surface area (Å²) >= 11 is 1.63. The lowest BCUT2D eigenvalue weighted by Crippen LogP contribution is -2.35. The highest BCUT2D eigenvalue weighted by atomic mass is 32.1. The molecule has 33 heavy (non-hydrogen) atoms. The highest BCUT2D eigenvalue weighted by Gasteiger charge is 2.15. The van der Waals surface area contributed by atoms with Crippen LogP contribution in [0.5, 0.6) is 5.75 Å². The van der Waals surface area contributed by atoms with Gasteiger partial charge in [0.15, 0.2) is 0 Å². The van der Waals surface area contributed by atoms with Crippen molar-refractivity contribution in [2.24, 2.45) is 5.10 Å². The molecule has 0 saturated carbocycles. The minimum absolute atomic E-state index is 0.179. The monoisotopic (exact) mass is 466 g/mol. The summed E-state index contributed by atoms with van der Waals surface area (Å²) in [6.45, 7) is 9.89. The van der Waals surface area contributed by atoms with Gasteiger partial charge in [0.1, 0.15) is 5.75 Å². The van der Waals surface area contributed by atoms with Crippen molar-refractivity contribution in [3.63, 3.8) is 0 Å². The van der Waals surface area contributed by atoms with Crippen molar-refractivity contribution >= 4 is 44.6 Å². The van der Waals surface area contributed by atoms with Crippen LogP contribution in [0.25, 0.3) is 10.1 Å². The van der Waals surface area contributed by atoms with E-state index in [1.54, 1.807) is 23.5 Å². The second-order valence-electron chi connectivity index (χ2n) is 7.35. The molecule has 8 heteroatoms. The third-order valence-corrected chi connectivity index (χ3v) is 6.22. The molecule has 0 aliphatic rings. The average molecular weight is 467 g/mol. The van der Waals surface area contributed by atoms with Crippen LogP contribution >= 0.6 is 11.3 Å². The Labute approximate surface area is 198 Å². The lowest BCUT2D eigenvalue weighted by atomic mass is 10.1. The molecular weight excluding hydrogens is 436 g/mol. The first-order valence-electron chi connectivity index (χ1n) is 11.1. The lowest BCUT2D eigenvalue weighted by molar-refractivity contribution is -0.120. The van der Waals surface area contributed by atoms with Crippen LogP contribution in [-0.4, -0.2) is 43.8 Å². The molecule has 2 amide bonds. The molecular formula is C25H30N4O3S. The molecule has 174 valence electrons. The zero-order valence-corrected chi connectivity index (χ0v) is 20.3. The van der Waals surface area contributed by atoms with E-state index in [0.29, 0.717) is 23.6 Å². The molecule has 0 fully saturated rings. The normalized spacial score (nSPS) is 11.3. The van der Waals surface area contributed by atoms with E-state index in [9.17, 15) is 9.59 Å². The number of hydrazone groups is 1. The second kappa shape index (κ2) is 11.5. The zero-order valence-electron chi connectivity index (χ0n) is 19.5. The van der Waals surface area contributed by atoms with E-state index in [1.807, 2.05) is 43.5 Å². The number of hydrogen-bond acceptors (Lipinski definition) is 6. The lowest BCUT2D eigenvalue weighted by Gasteiger charge is -2.24. The maximum atomic E-state index is 12.6. The molecule has 0 unspecified atom stereocenters. The van der Waals surface area contributed by atoms with E-state index in [4.69, 9.17) is 4.74 Å². The van der Waals surface area contributed by atoms with E-state index >= 15 is 0 Å². The van der Waals surface area contributed by atoms with Crippen LogP contribution in [0.4, 0.5) is 5.69 Å². The Hall–Kier alpha value is -3.39. The summed E-state index contributed by atoms with van der Waals surface area (Å²) < 4.78 is 6.92. The molecule has 0 aliphatic heterocycles. The average Bonchev–Trinajstić information content (AvgIpc) is 3.27. The van der Waals surface area contributed by atoms with Gasteiger partial charge in [-0.2, -0.15) is 5.10 Å². The van der Waals surface area contributed by atoms with Gasteiger partial charge in [0.05, 0.1) is 24.6 Å². The van der Waals surface area contributed by atoms with Crippen molar-refractivity contribution in [3.8, 4) is 5.75 Å². The minimum atomic E-state index is -0.396. The fraction of sp³-hybridized carbons (Fsp3) is 0.320. The molecule has 0 bridgehead atoms. The van der Waals surface area contributed by atoms with Crippen molar-refractivity contribution < 1.29 is 14.3 Å². The van der Waals surface area contributed by atoms with Gasteiger partial charge in [-0.25, -0.2) is 5.43 Å². The predicted octanol–water partition coefficient (Wildman–Crippen LogP) is 4.42. The first kappa shape index (κ1) is 24.3. The van der Waals surface area contributed by atoms with Crippen LogP contribution in [-0.2, 0) is 4.79 Å².